The van der Waals surface area contributed by atoms with Crippen LogP contribution in [0.2, 0.25) is 0 Å². The second-order valence-corrected chi connectivity index (χ2v) is 7.39. The molecule has 7 heteroatoms. The summed E-state index contributed by atoms with van der Waals surface area (Å²) in [6, 6.07) is 14.5. The first-order chi connectivity index (χ1) is 14.1. The normalized spacial score (nSPS) is 14.8. The molecule has 1 aromatic carbocycles. The van der Waals surface area contributed by atoms with Crippen LogP contribution in [-0.2, 0) is 18.4 Å². The number of benzene rings is 1. The number of guanidine groups is 1. The van der Waals surface area contributed by atoms with Crippen LogP contribution in [0.5, 0.6) is 0 Å². The SMILES string of the molecule is CN=C(NCCC(=O)N1CCN(c2ccccc2)CC1)N(C)Cc1cccn1C. The molecule has 29 heavy (non-hydrogen) atoms. The van der Waals surface area contributed by atoms with Gasteiger partial charge in [-0.1, -0.05) is 18.2 Å². The topological polar surface area (TPSA) is 56.1 Å². The van der Waals surface area contributed by atoms with E-state index >= 15 is 0 Å². The van der Waals surface area contributed by atoms with E-state index in [0.717, 1.165) is 38.7 Å². The molecule has 0 atom stereocenters. The summed E-state index contributed by atoms with van der Waals surface area (Å²) in [5.74, 6) is 0.999. The van der Waals surface area contributed by atoms with Crippen molar-refractivity contribution >= 4 is 17.6 Å². The maximum atomic E-state index is 12.6. The number of hydrogen-bond acceptors (Lipinski definition) is 3. The summed E-state index contributed by atoms with van der Waals surface area (Å²) in [5, 5.41) is 3.31. The number of aromatic nitrogens is 1. The van der Waals surface area contributed by atoms with E-state index in [9.17, 15) is 4.79 Å². The fourth-order valence-corrected chi connectivity index (χ4v) is 3.66. The first-order valence-electron chi connectivity index (χ1n) is 10.2. The number of amides is 1. The van der Waals surface area contributed by atoms with Crippen LogP contribution in [0, 0.1) is 0 Å². The van der Waals surface area contributed by atoms with Crippen LogP contribution in [0.25, 0.3) is 0 Å². The smallest absolute Gasteiger partial charge is 0.224 e. The van der Waals surface area contributed by atoms with Gasteiger partial charge in [0.2, 0.25) is 5.91 Å². The molecule has 1 aliphatic heterocycles. The average Bonchev–Trinajstić information content (AvgIpc) is 3.16. The fraction of sp³-hybridized carbons (Fsp3) is 0.455. The molecule has 0 spiro atoms. The predicted octanol–water partition coefficient (Wildman–Crippen LogP) is 1.77. The van der Waals surface area contributed by atoms with Gasteiger partial charge in [0.05, 0.1) is 6.54 Å². The Hall–Kier alpha value is -2.96. The highest BCUT2D eigenvalue weighted by Crippen LogP contribution is 2.15. The number of anilines is 1. The Morgan fingerprint density at radius 2 is 1.83 bits per heavy atom. The molecule has 1 aromatic heterocycles. The summed E-state index contributed by atoms with van der Waals surface area (Å²) in [5.41, 5.74) is 2.44. The monoisotopic (exact) mass is 396 g/mol. The molecular formula is C22H32N6O. The van der Waals surface area contributed by atoms with Gasteiger partial charge in [-0.3, -0.25) is 9.79 Å². The summed E-state index contributed by atoms with van der Waals surface area (Å²) < 4.78 is 2.10. The summed E-state index contributed by atoms with van der Waals surface area (Å²) in [6.45, 7) is 4.65. The quantitative estimate of drug-likeness (QED) is 0.597. The molecule has 0 aliphatic carbocycles. The van der Waals surface area contributed by atoms with Crippen molar-refractivity contribution in [3.8, 4) is 0 Å². The fourth-order valence-electron chi connectivity index (χ4n) is 3.66. The number of piperazine rings is 1. The van der Waals surface area contributed by atoms with E-state index in [1.54, 1.807) is 7.05 Å². The molecular weight excluding hydrogens is 364 g/mol. The minimum atomic E-state index is 0.200. The third kappa shape index (κ3) is 5.53. The lowest BCUT2D eigenvalue weighted by atomic mass is 10.2. The van der Waals surface area contributed by atoms with Gasteiger partial charge in [0, 0.05) is 77.9 Å². The zero-order valence-electron chi connectivity index (χ0n) is 17.7. The van der Waals surface area contributed by atoms with E-state index < -0.39 is 0 Å². The molecule has 1 saturated heterocycles. The standard InChI is InChI=1S/C22H32N6O/c1-23-22(26(3)18-20-10-7-13-25(20)2)24-12-11-21(29)28-16-14-27(15-17-28)19-8-5-4-6-9-19/h4-10,13H,11-12,14-18H2,1-3H3,(H,23,24). The first kappa shape index (κ1) is 20.8. The van der Waals surface area contributed by atoms with Gasteiger partial charge >= 0.3 is 0 Å². The van der Waals surface area contributed by atoms with E-state index in [1.807, 2.05) is 37.3 Å². The van der Waals surface area contributed by atoms with Crippen LogP contribution in [-0.4, -0.2) is 73.1 Å². The maximum Gasteiger partial charge on any atom is 0.224 e. The van der Waals surface area contributed by atoms with Gasteiger partial charge in [0.25, 0.3) is 0 Å². The van der Waals surface area contributed by atoms with Crippen LogP contribution in [0.3, 0.4) is 0 Å². The molecule has 1 aliphatic rings. The van der Waals surface area contributed by atoms with Crippen molar-refractivity contribution < 1.29 is 4.79 Å². The number of nitrogens with one attached hydrogen (secondary N) is 1. The summed E-state index contributed by atoms with van der Waals surface area (Å²) in [6.07, 6.45) is 2.51. The highest BCUT2D eigenvalue weighted by atomic mass is 16.2. The van der Waals surface area contributed by atoms with E-state index in [0.29, 0.717) is 13.0 Å². The summed E-state index contributed by atoms with van der Waals surface area (Å²) >= 11 is 0. The van der Waals surface area contributed by atoms with Gasteiger partial charge in [0.1, 0.15) is 0 Å². The van der Waals surface area contributed by atoms with Crippen molar-refractivity contribution in [2.75, 3.05) is 51.7 Å². The number of aryl methyl sites for hydroxylation is 1. The van der Waals surface area contributed by atoms with Crippen molar-refractivity contribution in [1.29, 1.82) is 0 Å². The Kier molecular flexibility index (Phi) is 7.16. The van der Waals surface area contributed by atoms with E-state index in [-0.39, 0.29) is 5.91 Å². The Bertz CT molecular complexity index is 808. The largest absolute Gasteiger partial charge is 0.368 e. The number of carbonyl (C=O) groups excluding carboxylic acids is 1. The molecule has 2 aromatic rings. The Morgan fingerprint density at radius 3 is 2.45 bits per heavy atom. The van der Waals surface area contributed by atoms with Gasteiger partial charge in [-0.15, -0.1) is 0 Å². The number of para-hydroxylation sites is 1. The molecule has 0 bridgehead atoms. The highest BCUT2D eigenvalue weighted by Gasteiger charge is 2.21. The van der Waals surface area contributed by atoms with E-state index in [2.05, 4.69) is 55.0 Å². The van der Waals surface area contributed by atoms with E-state index in [1.165, 1.54) is 11.4 Å². The molecule has 1 amide bonds. The summed E-state index contributed by atoms with van der Waals surface area (Å²) in [7, 11) is 5.82. The third-order valence-electron chi connectivity index (χ3n) is 5.40. The van der Waals surface area contributed by atoms with Crippen molar-refractivity contribution in [3.63, 3.8) is 0 Å². The molecule has 0 unspecified atom stereocenters. The van der Waals surface area contributed by atoms with Crippen LogP contribution < -0.4 is 10.2 Å². The number of hydrogen-bond donors (Lipinski definition) is 1. The Balaban J connectivity index is 1.40. The lowest BCUT2D eigenvalue weighted by molar-refractivity contribution is -0.131. The zero-order chi connectivity index (χ0) is 20.6. The lowest BCUT2D eigenvalue weighted by Gasteiger charge is -2.36. The average molecular weight is 397 g/mol. The number of rotatable bonds is 6. The molecule has 3 rings (SSSR count). The Labute approximate surface area is 173 Å². The molecule has 2 heterocycles. The van der Waals surface area contributed by atoms with Crippen molar-refractivity contribution in [2.45, 2.75) is 13.0 Å². The second kappa shape index (κ2) is 10.0. The number of aliphatic imine (C=N–C) groups is 1. The third-order valence-corrected chi connectivity index (χ3v) is 5.40. The zero-order valence-corrected chi connectivity index (χ0v) is 17.7. The lowest BCUT2D eigenvalue weighted by Crippen LogP contribution is -2.49. The number of carbonyl (C=O) groups is 1. The number of nitrogens with zero attached hydrogens (tertiary/aromatic N) is 5. The van der Waals surface area contributed by atoms with Crippen LogP contribution in [0.15, 0.2) is 53.7 Å². The molecule has 156 valence electrons. The summed E-state index contributed by atoms with van der Waals surface area (Å²) in [4.78, 5) is 23.3. The first-order valence-corrected chi connectivity index (χ1v) is 10.2. The highest BCUT2D eigenvalue weighted by molar-refractivity contribution is 5.81. The maximum absolute atomic E-state index is 12.6. The van der Waals surface area contributed by atoms with Gasteiger partial charge in [-0.2, -0.15) is 0 Å². The van der Waals surface area contributed by atoms with Gasteiger partial charge in [0.15, 0.2) is 5.96 Å². The van der Waals surface area contributed by atoms with E-state index in [4.69, 9.17) is 0 Å². The second-order valence-electron chi connectivity index (χ2n) is 7.39. The van der Waals surface area contributed by atoms with Crippen LogP contribution in [0.1, 0.15) is 12.1 Å². The van der Waals surface area contributed by atoms with Crippen LogP contribution >= 0.6 is 0 Å². The molecule has 1 N–H and O–H groups in total. The van der Waals surface area contributed by atoms with Crippen molar-refractivity contribution in [2.24, 2.45) is 12.0 Å². The van der Waals surface area contributed by atoms with Crippen molar-refractivity contribution in [1.82, 2.24) is 19.7 Å². The van der Waals surface area contributed by atoms with Crippen molar-refractivity contribution in [3.05, 3.63) is 54.4 Å². The molecule has 0 radical (unpaired) electrons. The van der Waals surface area contributed by atoms with Gasteiger partial charge in [-0.05, 0) is 24.3 Å². The van der Waals surface area contributed by atoms with Crippen LogP contribution in [0.4, 0.5) is 5.69 Å². The minimum Gasteiger partial charge on any atom is -0.368 e. The predicted molar refractivity (Wildman–Crippen MR) is 118 cm³/mol. The minimum absolute atomic E-state index is 0.200. The molecule has 7 nitrogen and oxygen atoms in total. The molecule has 1 fully saturated rings. The van der Waals surface area contributed by atoms with Gasteiger partial charge < -0.3 is 24.6 Å². The van der Waals surface area contributed by atoms with Gasteiger partial charge in [-0.25, -0.2) is 0 Å². The Morgan fingerprint density at radius 1 is 1.10 bits per heavy atom. The molecule has 0 saturated carbocycles.